The standard InChI is InChI=1S/C15H12Cl2FNO2/c16-10-4-1-2-7-13(10)21-9-8-19-15(20)14-11(17)5-3-6-12(14)18/h1-7H,8-9H2,(H,19,20). The van der Waals surface area contributed by atoms with E-state index < -0.39 is 11.7 Å². The topological polar surface area (TPSA) is 38.3 Å². The van der Waals surface area contributed by atoms with Crippen molar-refractivity contribution in [2.45, 2.75) is 0 Å². The molecule has 0 unspecified atom stereocenters. The van der Waals surface area contributed by atoms with Crippen molar-refractivity contribution in [2.75, 3.05) is 13.2 Å². The number of para-hydroxylation sites is 1. The van der Waals surface area contributed by atoms with E-state index in [2.05, 4.69) is 5.32 Å². The lowest BCUT2D eigenvalue weighted by molar-refractivity contribution is 0.0943. The highest BCUT2D eigenvalue weighted by Gasteiger charge is 2.15. The molecule has 0 spiro atoms. The first-order chi connectivity index (χ1) is 10.1. The summed E-state index contributed by atoms with van der Waals surface area (Å²) >= 11 is 11.7. The molecule has 3 nitrogen and oxygen atoms in total. The van der Waals surface area contributed by atoms with Crippen molar-refractivity contribution >= 4 is 29.1 Å². The number of nitrogens with one attached hydrogen (secondary N) is 1. The minimum absolute atomic E-state index is 0.0690. The number of carbonyl (C=O) groups is 1. The van der Waals surface area contributed by atoms with Gasteiger partial charge in [-0.2, -0.15) is 0 Å². The molecule has 2 rings (SSSR count). The van der Waals surface area contributed by atoms with E-state index >= 15 is 0 Å². The van der Waals surface area contributed by atoms with Gasteiger partial charge in [0.25, 0.3) is 5.91 Å². The lowest BCUT2D eigenvalue weighted by atomic mass is 10.2. The van der Waals surface area contributed by atoms with Gasteiger partial charge in [-0.25, -0.2) is 4.39 Å². The molecule has 1 N–H and O–H groups in total. The van der Waals surface area contributed by atoms with Gasteiger partial charge in [-0.15, -0.1) is 0 Å². The molecule has 0 aliphatic carbocycles. The summed E-state index contributed by atoms with van der Waals surface area (Å²) in [5, 5.41) is 3.09. The largest absolute Gasteiger partial charge is 0.490 e. The Bertz CT molecular complexity index is 629. The average Bonchev–Trinajstić information content (AvgIpc) is 2.45. The normalized spacial score (nSPS) is 10.2. The average molecular weight is 328 g/mol. The van der Waals surface area contributed by atoms with Crippen LogP contribution in [0.4, 0.5) is 4.39 Å². The highest BCUT2D eigenvalue weighted by Crippen LogP contribution is 2.22. The van der Waals surface area contributed by atoms with Crippen LogP contribution in [-0.4, -0.2) is 19.1 Å². The van der Waals surface area contributed by atoms with E-state index in [1.165, 1.54) is 18.2 Å². The number of ether oxygens (including phenoxy) is 1. The summed E-state index contributed by atoms with van der Waals surface area (Å²) in [4.78, 5) is 11.8. The van der Waals surface area contributed by atoms with E-state index in [-0.39, 0.29) is 23.7 Å². The van der Waals surface area contributed by atoms with Gasteiger partial charge in [0, 0.05) is 0 Å². The lowest BCUT2D eigenvalue weighted by Gasteiger charge is -2.10. The van der Waals surface area contributed by atoms with Crippen molar-refractivity contribution in [3.05, 3.63) is 63.9 Å². The lowest BCUT2D eigenvalue weighted by Crippen LogP contribution is -2.29. The Kier molecular flexibility index (Phi) is 5.42. The Morgan fingerprint density at radius 3 is 2.52 bits per heavy atom. The third-order valence-corrected chi connectivity index (χ3v) is 3.30. The SMILES string of the molecule is O=C(NCCOc1ccccc1Cl)c1c(F)cccc1Cl. The van der Waals surface area contributed by atoms with Crippen LogP contribution >= 0.6 is 23.2 Å². The van der Waals surface area contributed by atoms with Crippen LogP contribution in [0.2, 0.25) is 10.0 Å². The summed E-state index contributed by atoms with van der Waals surface area (Å²) in [6.07, 6.45) is 0. The second-order valence-corrected chi connectivity index (χ2v) is 4.95. The molecule has 2 aromatic rings. The molecule has 0 saturated heterocycles. The van der Waals surface area contributed by atoms with Crippen molar-refractivity contribution in [1.29, 1.82) is 0 Å². The van der Waals surface area contributed by atoms with Gasteiger partial charge < -0.3 is 10.1 Å². The molecule has 110 valence electrons. The molecule has 0 bridgehead atoms. The van der Waals surface area contributed by atoms with E-state index in [1.807, 2.05) is 0 Å². The highest BCUT2D eigenvalue weighted by molar-refractivity contribution is 6.33. The van der Waals surface area contributed by atoms with Crippen molar-refractivity contribution in [1.82, 2.24) is 5.32 Å². The van der Waals surface area contributed by atoms with Crippen LogP contribution < -0.4 is 10.1 Å². The van der Waals surface area contributed by atoms with E-state index in [9.17, 15) is 9.18 Å². The predicted octanol–water partition coefficient (Wildman–Crippen LogP) is 3.94. The van der Waals surface area contributed by atoms with Crippen molar-refractivity contribution in [2.24, 2.45) is 0 Å². The second-order valence-electron chi connectivity index (χ2n) is 4.13. The molecular weight excluding hydrogens is 316 g/mol. The van der Waals surface area contributed by atoms with Gasteiger partial charge in [-0.1, -0.05) is 41.4 Å². The molecule has 0 saturated carbocycles. The van der Waals surface area contributed by atoms with E-state index in [4.69, 9.17) is 27.9 Å². The maximum absolute atomic E-state index is 13.5. The van der Waals surface area contributed by atoms with Crippen LogP contribution in [0.25, 0.3) is 0 Å². The number of amides is 1. The highest BCUT2D eigenvalue weighted by atomic mass is 35.5. The quantitative estimate of drug-likeness (QED) is 0.844. The summed E-state index contributed by atoms with van der Waals surface area (Å²) in [6.45, 7) is 0.413. The number of benzene rings is 2. The molecule has 6 heteroatoms. The van der Waals surface area contributed by atoms with Crippen LogP contribution in [0.3, 0.4) is 0 Å². The molecule has 1 amide bonds. The summed E-state index contributed by atoms with van der Waals surface area (Å²) < 4.78 is 18.9. The molecule has 21 heavy (non-hydrogen) atoms. The fourth-order valence-electron chi connectivity index (χ4n) is 1.69. The zero-order chi connectivity index (χ0) is 15.2. The maximum atomic E-state index is 13.5. The van der Waals surface area contributed by atoms with Gasteiger partial charge in [-0.05, 0) is 24.3 Å². The van der Waals surface area contributed by atoms with Gasteiger partial charge in [0.1, 0.15) is 18.2 Å². The van der Waals surface area contributed by atoms with Gasteiger partial charge in [-0.3, -0.25) is 4.79 Å². The summed E-state index contributed by atoms with van der Waals surface area (Å²) in [5.74, 6) is -0.717. The first-order valence-electron chi connectivity index (χ1n) is 6.19. The Labute approximate surface area is 131 Å². The third kappa shape index (κ3) is 4.09. The van der Waals surface area contributed by atoms with Crippen LogP contribution in [0.5, 0.6) is 5.75 Å². The van der Waals surface area contributed by atoms with Gasteiger partial charge in [0.05, 0.1) is 22.2 Å². The Morgan fingerprint density at radius 1 is 1.10 bits per heavy atom. The van der Waals surface area contributed by atoms with E-state index in [0.717, 1.165) is 0 Å². The molecular formula is C15H12Cl2FNO2. The Balaban J connectivity index is 1.87. The second kappa shape index (κ2) is 7.29. The van der Waals surface area contributed by atoms with Gasteiger partial charge in [0.15, 0.2) is 0 Å². The minimum atomic E-state index is -0.660. The first kappa shape index (κ1) is 15.6. The maximum Gasteiger partial charge on any atom is 0.255 e. The number of hydrogen-bond donors (Lipinski definition) is 1. The molecule has 0 aliphatic heterocycles. The van der Waals surface area contributed by atoms with Crippen LogP contribution in [0, 0.1) is 5.82 Å². The molecule has 0 aromatic heterocycles. The Morgan fingerprint density at radius 2 is 1.81 bits per heavy atom. The van der Waals surface area contributed by atoms with E-state index in [1.54, 1.807) is 24.3 Å². The molecule has 0 fully saturated rings. The Hall–Kier alpha value is -1.78. The number of halogens is 3. The van der Waals surface area contributed by atoms with Gasteiger partial charge >= 0.3 is 0 Å². The minimum Gasteiger partial charge on any atom is -0.490 e. The smallest absolute Gasteiger partial charge is 0.255 e. The zero-order valence-electron chi connectivity index (χ0n) is 10.9. The van der Waals surface area contributed by atoms with E-state index in [0.29, 0.717) is 10.8 Å². The molecule has 0 aliphatic rings. The summed E-state index contributed by atoms with van der Waals surface area (Å²) in [5.41, 5.74) is -0.170. The van der Waals surface area contributed by atoms with Crippen molar-refractivity contribution < 1.29 is 13.9 Å². The third-order valence-electron chi connectivity index (χ3n) is 2.67. The summed E-state index contributed by atoms with van der Waals surface area (Å²) in [6, 6.07) is 11.1. The number of rotatable bonds is 5. The van der Waals surface area contributed by atoms with Crippen molar-refractivity contribution in [3.63, 3.8) is 0 Å². The van der Waals surface area contributed by atoms with Crippen LogP contribution in [-0.2, 0) is 0 Å². The predicted molar refractivity (Wildman–Crippen MR) is 80.7 cm³/mol. The molecule has 0 heterocycles. The molecule has 0 radical (unpaired) electrons. The monoisotopic (exact) mass is 327 g/mol. The van der Waals surface area contributed by atoms with Crippen molar-refractivity contribution in [3.8, 4) is 5.75 Å². The fraction of sp³-hybridized carbons (Fsp3) is 0.133. The van der Waals surface area contributed by atoms with Crippen LogP contribution in [0.15, 0.2) is 42.5 Å². The molecule has 2 aromatic carbocycles. The van der Waals surface area contributed by atoms with Gasteiger partial charge in [0.2, 0.25) is 0 Å². The summed E-state index contributed by atoms with van der Waals surface area (Å²) in [7, 11) is 0. The zero-order valence-corrected chi connectivity index (χ0v) is 12.4. The fourth-order valence-corrected chi connectivity index (χ4v) is 2.13. The molecule has 0 atom stereocenters. The first-order valence-corrected chi connectivity index (χ1v) is 6.94. The number of carbonyl (C=O) groups excluding carboxylic acids is 1. The van der Waals surface area contributed by atoms with Crippen LogP contribution in [0.1, 0.15) is 10.4 Å². The number of hydrogen-bond acceptors (Lipinski definition) is 2.